The molecule has 0 aromatic heterocycles. The fourth-order valence-corrected chi connectivity index (χ4v) is 14.2. The number of hydrogen-bond donors (Lipinski definition) is 0. The number of benzene rings is 10. The molecule has 1 saturated carbocycles. The largest absolute Gasteiger partial charge is 0.280 e. The second kappa shape index (κ2) is 21.0. The van der Waals surface area contributed by atoms with Gasteiger partial charge in [0.25, 0.3) is 0 Å². The zero-order valence-corrected chi connectivity index (χ0v) is 47.3. The fraction of sp³-hybridized carbons (Fsp3) is 0.205. The van der Waals surface area contributed by atoms with Gasteiger partial charge in [0.2, 0.25) is 0 Å². The fourth-order valence-electron chi connectivity index (χ4n) is 14.2. The van der Waals surface area contributed by atoms with E-state index >= 15 is 0 Å². The van der Waals surface area contributed by atoms with Gasteiger partial charge in [0.15, 0.2) is 0 Å². The lowest BCUT2D eigenvalue weighted by Gasteiger charge is -2.31. The van der Waals surface area contributed by atoms with Gasteiger partial charge in [0, 0.05) is 11.1 Å². The van der Waals surface area contributed by atoms with E-state index in [0.29, 0.717) is 12.5 Å². The second-order valence-corrected chi connectivity index (χ2v) is 23.0. The smallest absolute Gasteiger partial charge is 0.0750 e. The van der Waals surface area contributed by atoms with Gasteiger partial charge in [-0.05, 0) is 205 Å². The molecule has 0 bridgehead atoms. The van der Waals surface area contributed by atoms with E-state index in [1.165, 1.54) is 141 Å². The van der Waals surface area contributed by atoms with E-state index in [1.807, 2.05) is 0 Å². The molecular weight excluding hydrogens is 965 g/mol. The minimum absolute atomic E-state index is 0.119. The number of hydrogen-bond acceptors (Lipinski definition) is 2. The first kappa shape index (κ1) is 51.0. The van der Waals surface area contributed by atoms with Gasteiger partial charge in [-0.1, -0.05) is 227 Å². The molecule has 392 valence electrons. The van der Waals surface area contributed by atoms with Crippen molar-refractivity contribution in [1.29, 1.82) is 0 Å². The monoisotopic (exact) mass is 1030 g/mol. The van der Waals surface area contributed by atoms with Crippen molar-refractivity contribution in [3.8, 4) is 33.4 Å². The van der Waals surface area contributed by atoms with Crippen LogP contribution in [0.4, 0.5) is 0 Å². The molecule has 0 radical (unpaired) electrons. The molecule has 3 aliphatic carbocycles. The van der Waals surface area contributed by atoms with E-state index in [1.54, 1.807) is 0 Å². The lowest BCUT2D eigenvalue weighted by atomic mass is 9.70. The highest BCUT2D eigenvalue weighted by molar-refractivity contribution is 6.27. The van der Waals surface area contributed by atoms with Gasteiger partial charge in [-0.2, -0.15) is 0 Å². The van der Waals surface area contributed by atoms with E-state index < -0.39 is 5.41 Å². The van der Waals surface area contributed by atoms with E-state index in [0.717, 1.165) is 47.4 Å². The average Bonchev–Trinajstić information content (AvgIpc) is 4.15. The summed E-state index contributed by atoms with van der Waals surface area (Å²) in [4.78, 5) is 10.9. The van der Waals surface area contributed by atoms with Crippen LogP contribution < -0.4 is 0 Å². The molecule has 3 aliphatic rings. The zero-order chi connectivity index (χ0) is 54.6. The third-order valence-electron chi connectivity index (χ3n) is 18.4. The summed E-state index contributed by atoms with van der Waals surface area (Å²) in [5.74, 6) is 0.729. The zero-order valence-electron chi connectivity index (χ0n) is 47.3. The van der Waals surface area contributed by atoms with Crippen molar-refractivity contribution in [2.75, 3.05) is 0 Å². The first-order valence-corrected chi connectivity index (χ1v) is 29.3. The molecule has 1 atom stereocenters. The maximum absolute atomic E-state index is 5.82. The highest BCUT2D eigenvalue weighted by Gasteiger charge is 2.52. The molecule has 0 N–H and O–H groups in total. The molecule has 10 aromatic carbocycles. The molecule has 1 unspecified atom stereocenters. The van der Waals surface area contributed by atoms with Crippen LogP contribution in [0.5, 0.6) is 0 Å². The summed E-state index contributed by atoms with van der Waals surface area (Å²) in [6, 6.07) is 75.7. The minimum Gasteiger partial charge on any atom is -0.280 e. The van der Waals surface area contributed by atoms with Gasteiger partial charge in [-0.25, -0.2) is 0 Å². The molecule has 2 heteroatoms. The number of rotatable bonds is 14. The lowest BCUT2D eigenvalue weighted by Crippen LogP contribution is -2.26. The van der Waals surface area contributed by atoms with Crippen LogP contribution in [-0.4, -0.2) is 12.4 Å². The Morgan fingerprint density at radius 3 is 1.94 bits per heavy atom. The van der Waals surface area contributed by atoms with Crippen LogP contribution in [0.3, 0.4) is 0 Å². The Kier molecular flexibility index (Phi) is 13.4. The van der Waals surface area contributed by atoms with Gasteiger partial charge < -0.3 is 0 Å². The van der Waals surface area contributed by atoms with E-state index in [2.05, 4.69) is 255 Å². The van der Waals surface area contributed by atoms with Crippen LogP contribution in [-0.2, 0) is 12.0 Å². The van der Waals surface area contributed by atoms with E-state index in [-0.39, 0.29) is 5.92 Å². The minimum atomic E-state index is -0.596. The standard InChI is InChI=1S/C78H70N2/c1-8-24-50(4)73(77(79-7)66(49(3)9-2)45-52(6)54-28-14-11-15-29-54)76(80-48-53-26-12-10-13-27-53)57-42-44-65-71(47-57)78(68-38-18-16-32-61(68)62-33-17-19-39-69(62)78)70-40-23-35-59(74(65)70)56-41-43-60-63-36-20-25-51(5)72(63)75-58(55-30-21-31-55)34-22-37-64(75)67(60)46-56/h10-20,22-23,25-29,32-47,50,55H,7-9,21,24,30-31,48H2,1-6H3/b52-45+,66-49+,77-73-,80-76?. The third-order valence-corrected chi connectivity index (χ3v) is 18.4. The Bertz CT molecular complexity index is 4190. The van der Waals surface area contributed by atoms with Crippen molar-refractivity contribution in [3.05, 3.63) is 279 Å². The number of aliphatic imine (C=N–C) groups is 2. The Morgan fingerprint density at radius 1 is 0.600 bits per heavy atom. The van der Waals surface area contributed by atoms with Gasteiger partial charge in [0.05, 0.1) is 23.4 Å². The topological polar surface area (TPSA) is 24.7 Å². The molecule has 10 aromatic rings. The van der Waals surface area contributed by atoms with Crippen molar-refractivity contribution in [3.63, 3.8) is 0 Å². The quantitative estimate of drug-likeness (QED) is 0.0589. The van der Waals surface area contributed by atoms with E-state index in [4.69, 9.17) is 9.98 Å². The summed E-state index contributed by atoms with van der Waals surface area (Å²) in [5.41, 5.74) is 25.2. The Hall–Kier alpha value is -8.46. The average molecular weight is 1040 g/mol. The van der Waals surface area contributed by atoms with Gasteiger partial charge in [-0.15, -0.1) is 0 Å². The van der Waals surface area contributed by atoms with Crippen molar-refractivity contribution in [1.82, 2.24) is 0 Å². The number of aryl methyl sites for hydroxylation is 1. The molecule has 2 nitrogen and oxygen atoms in total. The summed E-state index contributed by atoms with van der Waals surface area (Å²) in [6.07, 6.45) is 9.06. The first-order chi connectivity index (χ1) is 39.2. The van der Waals surface area contributed by atoms with Crippen LogP contribution in [0, 0.1) is 12.8 Å². The lowest BCUT2D eigenvalue weighted by molar-refractivity contribution is 0.422. The van der Waals surface area contributed by atoms with Gasteiger partial charge in [-0.3, -0.25) is 9.98 Å². The highest BCUT2D eigenvalue weighted by atomic mass is 14.8. The van der Waals surface area contributed by atoms with Crippen molar-refractivity contribution >= 4 is 50.3 Å². The molecule has 0 heterocycles. The van der Waals surface area contributed by atoms with E-state index in [9.17, 15) is 0 Å². The molecule has 1 spiro atoms. The van der Waals surface area contributed by atoms with Crippen molar-refractivity contribution in [2.45, 2.75) is 97.9 Å². The number of allylic oxidation sites excluding steroid dienone is 4. The SMILES string of the molecule is C=NC(=C(\C(=NCc1ccccc1)c1ccc2c(c1)C1(c3ccccc3-c3ccccc31)c1cccc(-c3ccc4c(c3)c3cccc(C5CCC5)c3c3c(C)cccc43)c1-2)C(C)CCC)/C(/C=C(\C)c1ccccc1)=C(\C)CC. The Morgan fingerprint density at radius 2 is 1.25 bits per heavy atom. The second-order valence-electron chi connectivity index (χ2n) is 23.0. The van der Waals surface area contributed by atoms with Crippen molar-refractivity contribution < 1.29 is 0 Å². The Balaban J connectivity index is 1.09. The van der Waals surface area contributed by atoms with Gasteiger partial charge >= 0.3 is 0 Å². The predicted molar refractivity (Wildman–Crippen MR) is 342 cm³/mol. The predicted octanol–water partition coefficient (Wildman–Crippen LogP) is 20.9. The molecule has 0 amide bonds. The Labute approximate surface area is 473 Å². The third kappa shape index (κ3) is 8.20. The summed E-state index contributed by atoms with van der Waals surface area (Å²) in [5, 5.41) is 8.19. The van der Waals surface area contributed by atoms with Crippen LogP contribution in [0.1, 0.15) is 129 Å². The molecule has 1 fully saturated rings. The van der Waals surface area contributed by atoms with Crippen LogP contribution in [0.15, 0.2) is 239 Å². The van der Waals surface area contributed by atoms with Crippen molar-refractivity contribution in [2.24, 2.45) is 15.9 Å². The molecule has 0 aliphatic heterocycles. The molecule has 13 rings (SSSR count). The summed E-state index contributed by atoms with van der Waals surface area (Å²) >= 11 is 0. The van der Waals surface area contributed by atoms with Gasteiger partial charge in [0.1, 0.15) is 0 Å². The van der Waals surface area contributed by atoms with Crippen LogP contribution >= 0.6 is 0 Å². The summed E-state index contributed by atoms with van der Waals surface area (Å²) in [7, 11) is 0. The summed E-state index contributed by atoms with van der Waals surface area (Å²) < 4.78 is 0. The normalized spacial score (nSPS) is 15.5. The van der Waals surface area contributed by atoms with Crippen LogP contribution in [0.25, 0.3) is 71.3 Å². The first-order valence-electron chi connectivity index (χ1n) is 29.3. The maximum Gasteiger partial charge on any atom is 0.0750 e. The molecular formula is C78H70N2. The summed E-state index contributed by atoms with van der Waals surface area (Å²) in [6.45, 7) is 18.6. The number of fused-ring (bicyclic) bond motifs is 16. The van der Waals surface area contributed by atoms with Crippen LogP contribution in [0.2, 0.25) is 0 Å². The molecule has 80 heavy (non-hydrogen) atoms. The maximum atomic E-state index is 5.82. The number of nitrogens with zero attached hydrogens (tertiary/aromatic N) is 2. The molecule has 0 saturated heterocycles. The highest BCUT2D eigenvalue weighted by Crippen LogP contribution is 2.64.